The van der Waals surface area contributed by atoms with Crippen LogP contribution in [0.4, 0.5) is 5.69 Å². The maximum Gasteiger partial charge on any atom is 0.284 e. The number of aryl methyl sites for hydroxylation is 1. The van der Waals surface area contributed by atoms with E-state index in [-0.39, 0.29) is 16.0 Å². The van der Waals surface area contributed by atoms with E-state index in [4.69, 9.17) is 0 Å². The first-order valence-electron chi connectivity index (χ1n) is 9.81. The number of aromatic nitrogens is 1. The third-order valence-electron chi connectivity index (χ3n) is 5.35. The first kappa shape index (κ1) is 20.8. The predicted octanol–water partition coefficient (Wildman–Crippen LogP) is 2.60. The molecule has 0 unspecified atom stereocenters. The lowest BCUT2D eigenvalue weighted by atomic mass is 10.1. The molecule has 0 bridgehead atoms. The maximum atomic E-state index is 12.9. The summed E-state index contributed by atoms with van der Waals surface area (Å²) in [6, 6.07) is 14.3. The summed E-state index contributed by atoms with van der Waals surface area (Å²) < 4.78 is 30.9. The predicted molar refractivity (Wildman–Crippen MR) is 120 cm³/mol. The quantitative estimate of drug-likeness (QED) is 0.675. The molecule has 31 heavy (non-hydrogen) atoms. The number of sulfonamides is 1. The third-order valence-corrected chi connectivity index (χ3v) is 6.65. The Balaban J connectivity index is 1.66. The standard InChI is InChI=1S/C22H22N4O4S/c1-25-12-6-11-20(25)24-31(29,30)16-8-5-7-15(13-16)23-22(28)18-14-21(27)26(2)19-10-4-3-9-17(18)19/h3-5,7-10,13-14H,6,11-12H2,1-2H3,(H,23,28)/b24-20+. The fourth-order valence-corrected chi connectivity index (χ4v) is 4.77. The number of hydrogen-bond donors (Lipinski definition) is 1. The Morgan fingerprint density at radius 2 is 1.84 bits per heavy atom. The number of likely N-dealkylation sites (tertiary alicyclic amines) is 1. The summed E-state index contributed by atoms with van der Waals surface area (Å²) >= 11 is 0. The van der Waals surface area contributed by atoms with Crippen molar-refractivity contribution in [1.82, 2.24) is 9.47 Å². The Labute approximate surface area is 179 Å². The lowest BCUT2D eigenvalue weighted by Crippen LogP contribution is -2.22. The van der Waals surface area contributed by atoms with Crippen LogP contribution in [0.5, 0.6) is 0 Å². The lowest BCUT2D eigenvalue weighted by molar-refractivity contribution is 0.102. The van der Waals surface area contributed by atoms with Gasteiger partial charge in [0.1, 0.15) is 5.84 Å². The average Bonchev–Trinajstić information content (AvgIpc) is 3.14. The lowest BCUT2D eigenvalue weighted by Gasteiger charge is -2.12. The second-order valence-electron chi connectivity index (χ2n) is 7.46. The number of pyridine rings is 1. The van der Waals surface area contributed by atoms with Gasteiger partial charge in [-0.25, -0.2) is 0 Å². The Morgan fingerprint density at radius 1 is 1.06 bits per heavy atom. The summed E-state index contributed by atoms with van der Waals surface area (Å²) in [7, 11) is -0.450. The first-order chi connectivity index (χ1) is 14.8. The molecule has 1 aromatic heterocycles. The zero-order valence-electron chi connectivity index (χ0n) is 17.2. The molecule has 2 heterocycles. The third kappa shape index (κ3) is 4.09. The van der Waals surface area contributed by atoms with E-state index >= 15 is 0 Å². The van der Waals surface area contributed by atoms with Crippen LogP contribution in [-0.4, -0.2) is 43.2 Å². The van der Waals surface area contributed by atoms with Crippen molar-refractivity contribution in [3.8, 4) is 0 Å². The molecule has 1 N–H and O–H groups in total. The van der Waals surface area contributed by atoms with Crippen LogP contribution in [0.2, 0.25) is 0 Å². The van der Waals surface area contributed by atoms with E-state index in [1.807, 2.05) is 11.9 Å². The number of rotatable bonds is 4. The van der Waals surface area contributed by atoms with E-state index < -0.39 is 15.9 Å². The number of hydrogen-bond acceptors (Lipinski definition) is 4. The van der Waals surface area contributed by atoms with Gasteiger partial charge in [0, 0.05) is 44.2 Å². The molecule has 1 amide bonds. The molecule has 8 nitrogen and oxygen atoms in total. The van der Waals surface area contributed by atoms with Crippen LogP contribution in [0, 0.1) is 0 Å². The molecule has 0 saturated carbocycles. The van der Waals surface area contributed by atoms with Gasteiger partial charge in [0.15, 0.2) is 0 Å². The maximum absolute atomic E-state index is 12.9. The van der Waals surface area contributed by atoms with Gasteiger partial charge in [-0.2, -0.15) is 8.42 Å². The van der Waals surface area contributed by atoms with E-state index in [1.165, 1.54) is 22.8 Å². The van der Waals surface area contributed by atoms with E-state index in [0.29, 0.717) is 28.8 Å². The molecule has 1 aliphatic heterocycles. The van der Waals surface area contributed by atoms with Gasteiger partial charge in [-0.1, -0.05) is 24.3 Å². The highest BCUT2D eigenvalue weighted by Gasteiger charge is 2.21. The molecule has 1 fully saturated rings. The van der Waals surface area contributed by atoms with Gasteiger partial charge in [0.25, 0.3) is 21.5 Å². The number of nitrogens with zero attached hydrogens (tertiary/aromatic N) is 3. The Hall–Kier alpha value is -3.46. The number of amides is 1. The van der Waals surface area contributed by atoms with Gasteiger partial charge in [0.2, 0.25) is 0 Å². The molecular weight excluding hydrogens is 416 g/mol. The molecule has 3 aromatic rings. The van der Waals surface area contributed by atoms with Crippen LogP contribution in [0.15, 0.2) is 68.7 Å². The van der Waals surface area contributed by atoms with E-state index in [1.54, 1.807) is 43.4 Å². The number of carbonyl (C=O) groups excluding carboxylic acids is 1. The van der Waals surface area contributed by atoms with E-state index in [2.05, 4.69) is 9.71 Å². The number of nitrogens with one attached hydrogen (secondary N) is 1. The van der Waals surface area contributed by atoms with Gasteiger partial charge in [-0.3, -0.25) is 9.59 Å². The molecule has 4 rings (SSSR count). The minimum absolute atomic E-state index is 0.00747. The van der Waals surface area contributed by atoms with Crippen molar-refractivity contribution in [2.24, 2.45) is 11.4 Å². The summed E-state index contributed by atoms with van der Waals surface area (Å²) in [5.74, 6) is 0.0336. The van der Waals surface area contributed by atoms with E-state index in [9.17, 15) is 18.0 Å². The fraction of sp³-hybridized carbons (Fsp3) is 0.227. The van der Waals surface area contributed by atoms with Crippen LogP contribution in [-0.2, 0) is 17.1 Å². The van der Waals surface area contributed by atoms with Crippen LogP contribution in [0.1, 0.15) is 23.2 Å². The fourth-order valence-electron chi connectivity index (χ4n) is 3.63. The Kier molecular flexibility index (Phi) is 5.36. The number of anilines is 1. The number of fused-ring (bicyclic) bond motifs is 1. The monoisotopic (exact) mass is 438 g/mol. The van der Waals surface area contributed by atoms with Gasteiger partial charge in [0.05, 0.1) is 16.0 Å². The molecule has 0 atom stereocenters. The van der Waals surface area contributed by atoms with Crippen molar-refractivity contribution in [2.45, 2.75) is 17.7 Å². The molecule has 1 saturated heterocycles. The van der Waals surface area contributed by atoms with Gasteiger partial charge < -0.3 is 14.8 Å². The molecule has 9 heteroatoms. The summed E-state index contributed by atoms with van der Waals surface area (Å²) in [5, 5.41) is 3.33. The molecule has 0 aliphatic carbocycles. The summed E-state index contributed by atoms with van der Waals surface area (Å²) in [4.78, 5) is 27.0. The van der Waals surface area contributed by atoms with Crippen molar-refractivity contribution >= 4 is 38.4 Å². The highest BCUT2D eigenvalue weighted by Crippen LogP contribution is 2.22. The minimum Gasteiger partial charge on any atom is -0.362 e. The van der Waals surface area contributed by atoms with Crippen molar-refractivity contribution < 1.29 is 13.2 Å². The number of amidine groups is 1. The zero-order chi connectivity index (χ0) is 22.2. The molecular formula is C22H22N4O4S. The van der Waals surface area contributed by atoms with Crippen molar-refractivity contribution in [3.63, 3.8) is 0 Å². The van der Waals surface area contributed by atoms with Crippen molar-refractivity contribution in [2.75, 3.05) is 18.9 Å². The SMILES string of the molecule is CN1CCC/C1=N\S(=O)(=O)c1cccc(NC(=O)c2cc(=O)n(C)c3ccccc23)c1. The second-order valence-corrected chi connectivity index (χ2v) is 9.07. The number of benzene rings is 2. The van der Waals surface area contributed by atoms with Crippen molar-refractivity contribution in [1.29, 1.82) is 0 Å². The second kappa shape index (κ2) is 7.99. The summed E-state index contributed by atoms with van der Waals surface area (Å²) in [5.41, 5.74) is 0.847. The van der Waals surface area contributed by atoms with Crippen LogP contribution >= 0.6 is 0 Å². The highest BCUT2D eigenvalue weighted by atomic mass is 32.2. The highest BCUT2D eigenvalue weighted by molar-refractivity contribution is 7.90. The minimum atomic E-state index is -3.90. The molecule has 160 valence electrons. The molecule has 0 spiro atoms. The number of carbonyl (C=O) groups is 1. The Morgan fingerprint density at radius 3 is 2.58 bits per heavy atom. The summed E-state index contributed by atoms with van der Waals surface area (Å²) in [6.07, 6.45) is 1.48. The van der Waals surface area contributed by atoms with Crippen LogP contribution < -0.4 is 10.9 Å². The van der Waals surface area contributed by atoms with Crippen LogP contribution in [0.3, 0.4) is 0 Å². The van der Waals surface area contributed by atoms with Crippen molar-refractivity contribution in [3.05, 3.63) is 70.5 Å². The molecule has 1 aliphatic rings. The topological polar surface area (TPSA) is 101 Å². The normalized spacial score (nSPS) is 15.5. The van der Waals surface area contributed by atoms with E-state index in [0.717, 1.165) is 13.0 Å². The largest absolute Gasteiger partial charge is 0.362 e. The Bertz CT molecular complexity index is 1380. The zero-order valence-corrected chi connectivity index (χ0v) is 18.0. The van der Waals surface area contributed by atoms with Crippen LogP contribution in [0.25, 0.3) is 10.9 Å². The molecule has 2 aromatic carbocycles. The molecule has 0 radical (unpaired) electrons. The smallest absolute Gasteiger partial charge is 0.284 e. The van der Waals surface area contributed by atoms with Gasteiger partial charge in [-0.15, -0.1) is 4.40 Å². The van der Waals surface area contributed by atoms with Gasteiger partial charge in [-0.05, 0) is 30.7 Å². The average molecular weight is 439 g/mol. The summed E-state index contributed by atoms with van der Waals surface area (Å²) in [6.45, 7) is 0.773. The first-order valence-corrected chi connectivity index (χ1v) is 11.3. The van der Waals surface area contributed by atoms with Gasteiger partial charge >= 0.3 is 0 Å². The number of para-hydroxylation sites is 1.